The van der Waals surface area contributed by atoms with E-state index < -0.39 is 17.5 Å². The van der Waals surface area contributed by atoms with Crippen LogP contribution in [-0.2, 0) is 0 Å². The van der Waals surface area contributed by atoms with Gasteiger partial charge in [0.1, 0.15) is 11.6 Å². The van der Waals surface area contributed by atoms with Gasteiger partial charge in [0.15, 0.2) is 5.13 Å². The average Bonchev–Trinajstić information content (AvgIpc) is 2.88. The molecule has 22 heavy (non-hydrogen) atoms. The first-order valence-corrected chi connectivity index (χ1v) is 7.40. The van der Waals surface area contributed by atoms with Gasteiger partial charge in [0, 0.05) is 6.07 Å². The van der Waals surface area contributed by atoms with Crippen LogP contribution in [0.15, 0.2) is 30.3 Å². The Kier molecular flexibility index (Phi) is 3.62. The molecule has 0 aliphatic rings. The van der Waals surface area contributed by atoms with Gasteiger partial charge < -0.3 is 0 Å². The lowest BCUT2D eigenvalue weighted by Gasteiger charge is -2.02. The summed E-state index contributed by atoms with van der Waals surface area (Å²) in [6.07, 6.45) is 0. The van der Waals surface area contributed by atoms with Gasteiger partial charge in [0.2, 0.25) is 0 Å². The van der Waals surface area contributed by atoms with Crippen LogP contribution in [0.1, 0.15) is 21.5 Å². The highest BCUT2D eigenvalue weighted by Gasteiger charge is 2.15. The van der Waals surface area contributed by atoms with Crippen LogP contribution in [0, 0.1) is 25.5 Å². The van der Waals surface area contributed by atoms with Gasteiger partial charge in [-0.05, 0) is 37.1 Å². The lowest BCUT2D eigenvalue weighted by Crippen LogP contribution is -2.13. The van der Waals surface area contributed by atoms with E-state index in [0.717, 1.165) is 33.5 Å². The van der Waals surface area contributed by atoms with Crippen LogP contribution in [0.3, 0.4) is 0 Å². The van der Waals surface area contributed by atoms with Crippen molar-refractivity contribution in [3.63, 3.8) is 0 Å². The SMILES string of the molecule is Cc1ccc(C)c2sc(NC(=O)c3ccc(F)cc3F)nc12. The predicted octanol–water partition coefficient (Wildman–Crippen LogP) is 4.44. The van der Waals surface area contributed by atoms with Crippen LogP contribution >= 0.6 is 11.3 Å². The zero-order chi connectivity index (χ0) is 15.9. The number of carbonyl (C=O) groups is 1. The normalized spacial score (nSPS) is 10.9. The summed E-state index contributed by atoms with van der Waals surface area (Å²) in [5.41, 5.74) is 2.67. The van der Waals surface area contributed by atoms with Gasteiger partial charge in [-0.3, -0.25) is 10.1 Å². The first-order valence-electron chi connectivity index (χ1n) is 6.59. The molecule has 112 valence electrons. The van der Waals surface area contributed by atoms with Gasteiger partial charge in [-0.25, -0.2) is 13.8 Å². The molecule has 0 aliphatic heterocycles. The summed E-state index contributed by atoms with van der Waals surface area (Å²) in [6.45, 7) is 3.90. The Hall–Kier alpha value is -2.34. The number of thiazole rings is 1. The van der Waals surface area contributed by atoms with E-state index in [-0.39, 0.29) is 5.56 Å². The van der Waals surface area contributed by atoms with Crippen LogP contribution in [0.25, 0.3) is 10.2 Å². The number of aryl methyl sites for hydroxylation is 2. The minimum absolute atomic E-state index is 0.214. The van der Waals surface area contributed by atoms with E-state index in [1.165, 1.54) is 11.3 Å². The summed E-state index contributed by atoms with van der Waals surface area (Å²) < 4.78 is 27.5. The third-order valence-corrected chi connectivity index (χ3v) is 4.44. The van der Waals surface area contributed by atoms with Crippen molar-refractivity contribution >= 4 is 32.6 Å². The van der Waals surface area contributed by atoms with Gasteiger partial charge in [0.05, 0.1) is 15.8 Å². The van der Waals surface area contributed by atoms with E-state index in [1.807, 2.05) is 26.0 Å². The Bertz CT molecular complexity index is 850. The molecule has 0 fully saturated rings. The van der Waals surface area contributed by atoms with Gasteiger partial charge in [-0.2, -0.15) is 0 Å². The molecular weight excluding hydrogens is 306 g/mol. The smallest absolute Gasteiger partial charge is 0.260 e. The number of hydrogen-bond donors (Lipinski definition) is 1. The van der Waals surface area contributed by atoms with E-state index >= 15 is 0 Å². The number of carbonyl (C=O) groups excluding carboxylic acids is 1. The number of amides is 1. The van der Waals surface area contributed by atoms with Crippen LogP contribution < -0.4 is 5.32 Å². The van der Waals surface area contributed by atoms with Crippen molar-refractivity contribution in [1.82, 2.24) is 4.98 Å². The highest BCUT2D eigenvalue weighted by Crippen LogP contribution is 2.31. The fourth-order valence-electron chi connectivity index (χ4n) is 2.15. The largest absolute Gasteiger partial charge is 0.298 e. The molecule has 0 unspecified atom stereocenters. The number of hydrogen-bond acceptors (Lipinski definition) is 3. The average molecular weight is 318 g/mol. The Balaban J connectivity index is 1.94. The Morgan fingerprint density at radius 2 is 1.86 bits per heavy atom. The minimum atomic E-state index is -0.897. The lowest BCUT2D eigenvalue weighted by atomic mass is 10.1. The molecule has 1 amide bonds. The molecular formula is C16H12F2N2OS. The van der Waals surface area contributed by atoms with Crippen molar-refractivity contribution in [3.8, 4) is 0 Å². The maximum atomic E-state index is 13.6. The fourth-order valence-corrected chi connectivity index (χ4v) is 3.16. The van der Waals surface area contributed by atoms with Gasteiger partial charge >= 0.3 is 0 Å². The first-order chi connectivity index (χ1) is 10.5. The summed E-state index contributed by atoms with van der Waals surface area (Å²) in [5.74, 6) is -2.27. The number of benzene rings is 2. The van der Waals surface area contributed by atoms with Crippen LogP contribution in [-0.4, -0.2) is 10.9 Å². The van der Waals surface area contributed by atoms with Crippen LogP contribution in [0.5, 0.6) is 0 Å². The Labute approximate surface area is 129 Å². The molecule has 0 atom stereocenters. The number of fused-ring (bicyclic) bond motifs is 1. The molecule has 0 radical (unpaired) electrons. The molecule has 3 aromatic rings. The quantitative estimate of drug-likeness (QED) is 0.759. The minimum Gasteiger partial charge on any atom is -0.298 e. The molecule has 3 rings (SSSR count). The van der Waals surface area contributed by atoms with Gasteiger partial charge in [-0.15, -0.1) is 0 Å². The van der Waals surface area contributed by atoms with Crippen molar-refractivity contribution in [1.29, 1.82) is 0 Å². The standard InChI is InChI=1S/C16H12F2N2OS/c1-8-3-4-9(2)14-13(8)19-16(22-14)20-15(21)11-6-5-10(17)7-12(11)18/h3-7H,1-2H3,(H,19,20,21). The number of halogens is 2. The highest BCUT2D eigenvalue weighted by molar-refractivity contribution is 7.22. The van der Waals surface area contributed by atoms with Crippen LogP contribution in [0.2, 0.25) is 0 Å². The third kappa shape index (κ3) is 2.57. The summed E-state index contributed by atoms with van der Waals surface area (Å²) >= 11 is 1.33. The molecule has 0 aliphatic carbocycles. The molecule has 1 aromatic heterocycles. The number of nitrogens with zero attached hydrogens (tertiary/aromatic N) is 1. The predicted molar refractivity (Wildman–Crippen MR) is 83.4 cm³/mol. The van der Waals surface area contributed by atoms with Gasteiger partial charge in [0.25, 0.3) is 5.91 Å². The summed E-state index contributed by atoms with van der Waals surface area (Å²) in [4.78, 5) is 16.5. The zero-order valence-electron chi connectivity index (χ0n) is 11.9. The molecule has 3 nitrogen and oxygen atoms in total. The van der Waals surface area contributed by atoms with E-state index in [9.17, 15) is 13.6 Å². The maximum absolute atomic E-state index is 13.6. The molecule has 0 saturated carbocycles. The van der Waals surface area contributed by atoms with Crippen molar-refractivity contribution in [2.24, 2.45) is 0 Å². The second kappa shape index (κ2) is 5.46. The van der Waals surface area contributed by atoms with Gasteiger partial charge in [-0.1, -0.05) is 23.5 Å². The number of nitrogens with one attached hydrogen (secondary N) is 1. The van der Waals surface area contributed by atoms with E-state index in [1.54, 1.807) is 0 Å². The molecule has 1 heterocycles. The van der Waals surface area contributed by atoms with Crippen molar-refractivity contribution in [2.45, 2.75) is 13.8 Å². The van der Waals surface area contributed by atoms with Crippen molar-refractivity contribution in [2.75, 3.05) is 5.32 Å². The molecule has 0 spiro atoms. The molecule has 2 aromatic carbocycles. The lowest BCUT2D eigenvalue weighted by molar-refractivity contribution is 0.102. The maximum Gasteiger partial charge on any atom is 0.260 e. The second-order valence-corrected chi connectivity index (χ2v) is 5.97. The van der Waals surface area contributed by atoms with Crippen molar-refractivity contribution in [3.05, 3.63) is 58.7 Å². The highest BCUT2D eigenvalue weighted by atomic mass is 32.1. The third-order valence-electron chi connectivity index (χ3n) is 3.34. The van der Waals surface area contributed by atoms with Crippen molar-refractivity contribution < 1.29 is 13.6 Å². The fraction of sp³-hybridized carbons (Fsp3) is 0.125. The Morgan fingerprint density at radius 1 is 1.14 bits per heavy atom. The summed E-state index contributed by atoms with van der Waals surface area (Å²) in [5, 5.41) is 2.96. The van der Waals surface area contributed by atoms with Crippen LogP contribution in [0.4, 0.5) is 13.9 Å². The molecule has 0 bridgehead atoms. The van der Waals surface area contributed by atoms with E-state index in [0.29, 0.717) is 11.2 Å². The monoisotopic (exact) mass is 318 g/mol. The number of anilines is 1. The molecule has 1 N–H and O–H groups in total. The molecule has 0 saturated heterocycles. The zero-order valence-corrected chi connectivity index (χ0v) is 12.7. The topological polar surface area (TPSA) is 42.0 Å². The number of rotatable bonds is 2. The number of aromatic nitrogens is 1. The van der Waals surface area contributed by atoms with E-state index in [4.69, 9.17) is 0 Å². The summed E-state index contributed by atoms with van der Waals surface area (Å²) in [7, 11) is 0. The molecule has 6 heteroatoms. The second-order valence-electron chi connectivity index (χ2n) is 4.97. The van der Waals surface area contributed by atoms with E-state index in [2.05, 4.69) is 10.3 Å². The Morgan fingerprint density at radius 3 is 2.55 bits per heavy atom. The first kappa shape index (κ1) is 14.6. The summed E-state index contributed by atoms with van der Waals surface area (Å²) in [6, 6.07) is 6.79.